The van der Waals surface area contributed by atoms with E-state index in [-0.39, 0.29) is 55.2 Å². The van der Waals surface area contributed by atoms with Crippen LogP contribution in [0.25, 0.3) is 0 Å². The van der Waals surface area contributed by atoms with Gasteiger partial charge >= 0.3 is 37.4 Å². The number of hydrogen-bond acceptors (Lipinski definition) is 3. The summed E-state index contributed by atoms with van der Waals surface area (Å²) in [6.45, 7) is -0.713. The maximum absolute atomic E-state index is 9.75. The van der Waals surface area contributed by atoms with Crippen molar-refractivity contribution in [2.75, 3.05) is 13.2 Å². The average Bonchev–Trinajstić information content (AvgIpc) is 1.59. The molecular weight excluding hydrogens is 190 g/mol. The van der Waals surface area contributed by atoms with Crippen LogP contribution in [0, 0.1) is 0 Å². The predicted octanol–water partition coefficient (Wildman–Crippen LogP) is -5.44. The molecule has 0 radical (unpaired) electrons. The van der Waals surface area contributed by atoms with Crippen molar-refractivity contribution in [3.8, 4) is 0 Å². The summed E-state index contributed by atoms with van der Waals surface area (Å²) in [6, 6.07) is 0. The molecule has 0 rings (SSSR count). The summed E-state index contributed by atoms with van der Waals surface area (Å²) in [5.41, 5.74) is 0. The van der Waals surface area contributed by atoms with Crippen molar-refractivity contribution < 1.29 is 65.9 Å². The zero-order chi connectivity index (χ0) is 6.62. The Morgan fingerprint density at radius 1 is 1.36 bits per heavy atom. The largest absolute Gasteiger partial charge is 1.00 e. The first-order valence-electron chi connectivity index (χ1n) is 1.87. The molecular formula is C2H12NaO7P. The molecule has 0 heterocycles. The number of aliphatic hydroxyl groups excluding tert-OH is 1. The van der Waals surface area contributed by atoms with Crippen molar-refractivity contribution >= 4 is 7.82 Å². The third kappa shape index (κ3) is 24.8. The summed E-state index contributed by atoms with van der Waals surface area (Å²) in [5.74, 6) is 0. The molecule has 11 heavy (non-hydrogen) atoms. The molecule has 0 unspecified atom stereocenters. The molecule has 0 amide bonds. The van der Waals surface area contributed by atoms with Crippen molar-refractivity contribution in [2.24, 2.45) is 0 Å². The Morgan fingerprint density at radius 2 is 1.73 bits per heavy atom. The molecule has 9 heteroatoms. The van der Waals surface area contributed by atoms with Gasteiger partial charge in [0.05, 0.1) is 13.2 Å². The molecule has 0 saturated heterocycles. The number of phosphoric acid groups is 1. The summed E-state index contributed by atoms with van der Waals surface area (Å²) in [6.07, 6.45) is 0. The zero-order valence-electron chi connectivity index (χ0n) is 7.02. The van der Waals surface area contributed by atoms with Crippen molar-refractivity contribution in [2.45, 2.75) is 0 Å². The molecule has 0 aliphatic heterocycles. The maximum atomic E-state index is 9.75. The van der Waals surface area contributed by atoms with E-state index in [9.17, 15) is 4.57 Å². The van der Waals surface area contributed by atoms with Gasteiger partial charge in [0.2, 0.25) is 0 Å². The Kier molecular flexibility index (Phi) is 22.7. The fourth-order valence-corrected chi connectivity index (χ4v) is 0.479. The normalized spacial score (nSPS) is 8.64. The number of phosphoric ester groups is 1. The van der Waals surface area contributed by atoms with Gasteiger partial charge in [-0.1, -0.05) is 0 Å². The van der Waals surface area contributed by atoms with Crippen LogP contribution in [0.4, 0.5) is 0 Å². The molecule has 7 N–H and O–H groups in total. The van der Waals surface area contributed by atoms with E-state index in [0.717, 1.165) is 0 Å². The quantitative estimate of drug-likeness (QED) is 0.308. The van der Waals surface area contributed by atoms with Crippen LogP contribution in [0.1, 0.15) is 1.43 Å². The van der Waals surface area contributed by atoms with Gasteiger partial charge in [-0.15, -0.1) is 0 Å². The Morgan fingerprint density at radius 3 is 1.82 bits per heavy atom. The van der Waals surface area contributed by atoms with Gasteiger partial charge in [0.15, 0.2) is 0 Å². The first-order valence-corrected chi connectivity index (χ1v) is 3.40. The third-order valence-electron chi connectivity index (χ3n) is 0.351. The fraction of sp³-hybridized carbons (Fsp3) is 1.00. The van der Waals surface area contributed by atoms with E-state index in [1.54, 1.807) is 0 Å². The Bertz CT molecular complexity index is 106. The van der Waals surface area contributed by atoms with Crippen LogP contribution in [0.3, 0.4) is 0 Å². The number of aliphatic hydroxyl groups is 1. The van der Waals surface area contributed by atoms with E-state index < -0.39 is 7.82 Å². The van der Waals surface area contributed by atoms with Crippen LogP contribution in [0.5, 0.6) is 0 Å². The second-order valence-corrected chi connectivity index (χ2v) is 2.29. The Hall–Kier alpha value is 0.990. The smallest absolute Gasteiger partial charge is 1.00 e. The maximum Gasteiger partial charge on any atom is 1.00 e. The molecule has 0 aliphatic carbocycles. The van der Waals surface area contributed by atoms with Gasteiger partial charge < -0.3 is 27.3 Å². The molecule has 7 nitrogen and oxygen atoms in total. The van der Waals surface area contributed by atoms with E-state index in [1.165, 1.54) is 0 Å². The first kappa shape index (κ1) is 22.7. The van der Waals surface area contributed by atoms with Gasteiger partial charge in [-0.3, -0.25) is 4.52 Å². The Labute approximate surface area is 87.0 Å². The fourth-order valence-electron chi connectivity index (χ4n) is 0.160. The molecule has 0 atom stereocenters. The van der Waals surface area contributed by atoms with Crippen LogP contribution in [0.15, 0.2) is 0 Å². The van der Waals surface area contributed by atoms with Crippen LogP contribution < -0.4 is 29.6 Å². The molecule has 0 saturated carbocycles. The summed E-state index contributed by atoms with van der Waals surface area (Å²) in [7, 11) is -4.34. The minimum absolute atomic E-state index is 0. The van der Waals surface area contributed by atoms with Gasteiger partial charge in [0, 0.05) is 0 Å². The third-order valence-corrected chi connectivity index (χ3v) is 0.870. The SMILES string of the molecule is O.O.O=P(O)(O)OCCO.[H-].[Na+]. The topological polar surface area (TPSA) is 150 Å². The van der Waals surface area contributed by atoms with Crippen molar-refractivity contribution in [3.05, 3.63) is 0 Å². The molecule has 68 valence electrons. The second kappa shape index (κ2) is 11.0. The summed E-state index contributed by atoms with van der Waals surface area (Å²) in [5, 5.41) is 7.96. The van der Waals surface area contributed by atoms with E-state index in [4.69, 9.17) is 14.9 Å². The molecule has 0 spiro atoms. The van der Waals surface area contributed by atoms with Crippen LogP contribution in [-0.2, 0) is 9.09 Å². The number of rotatable bonds is 3. The van der Waals surface area contributed by atoms with Crippen molar-refractivity contribution in [1.82, 2.24) is 0 Å². The van der Waals surface area contributed by atoms with E-state index in [2.05, 4.69) is 4.52 Å². The van der Waals surface area contributed by atoms with Gasteiger partial charge in [-0.2, -0.15) is 0 Å². The minimum Gasteiger partial charge on any atom is -1.00 e. The summed E-state index contributed by atoms with van der Waals surface area (Å²) >= 11 is 0. The van der Waals surface area contributed by atoms with Crippen molar-refractivity contribution in [3.63, 3.8) is 0 Å². The van der Waals surface area contributed by atoms with Gasteiger partial charge in [-0.05, 0) is 0 Å². The minimum atomic E-state index is -4.34. The predicted molar refractivity (Wildman–Crippen MR) is 33.4 cm³/mol. The monoisotopic (exact) mass is 202 g/mol. The molecule has 0 fully saturated rings. The van der Waals surface area contributed by atoms with Gasteiger partial charge in [0.25, 0.3) is 0 Å². The van der Waals surface area contributed by atoms with E-state index >= 15 is 0 Å². The van der Waals surface area contributed by atoms with Gasteiger partial charge in [-0.25, -0.2) is 4.57 Å². The second-order valence-electron chi connectivity index (χ2n) is 1.05. The Balaban J connectivity index is -0.0000000408. The number of hydrogen-bond donors (Lipinski definition) is 3. The van der Waals surface area contributed by atoms with E-state index in [0.29, 0.717) is 0 Å². The summed E-state index contributed by atoms with van der Waals surface area (Å²) in [4.78, 5) is 15.9. The van der Waals surface area contributed by atoms with Gasteiger partial charge in [0.1, 0.15) is 0 Å². The van der Waals surface area contributed by atoms with Crippen LogP contribution >= 0.6 is 7.82 Å². The molecule has 0 aromatic rings. The zero-order valence-corrected chi connectivity index (χ0v) is 8.91. The van der Waals surface area contributed by atoms with Crippen LogP contribution in [-0.4, -0.2) is 39.1 Å². The van der Waals surface area contributed by atoms with E-state index in [1.807, 2.05) is 0 Å². The molecule has 0 aromatic carbocycles. The molecule has 0 bridgehead atoms. The van der Waals surface area contributed by atoms with Crippen LogP contribution in [0.2, 0.25) is 0 Å². The molecule has 0 aromatic heterocycles. The first-order chi connectivity index (χ1) is 3.56. The summed E-state index contributed by atoms with van der Waals surface area (Å²) < 4.78 is 13.5. The molecule has 0 aliphatic rings. The van der Waals surface area contributed by atoms with Crippen molar-refractivity contribution in [1.29, 1.82) is 0 Å². The standard InChI is InChI=1S/C2H7O5P.Na.2H2O.H/c3-1-2-7-8(4,5)6;;;;/h3H,1-2H2,(H2,4,5,6);;2*1H2;/q;+1;;;-1. The average molecular weight is 202 g/mol.